The summed E-state index contributed by atoms with van der Waals surface area (Å²) in [5, 5.41) is 6.16. The largest absolute Gasteiger partial charge is 0.378 e. The number of ether oxygens (including phenoxy) is 1. The first kappa shape index (κ1) is 17.5. The van der Waals surface area contributed by atoms with Crippen LogP contribution in [0, 0.1) is 6.92 Å². The van der Waals surface area contributed by atoms with Gasteiger partial charge in [0.2, 0.25) is 0 Å². The molecule has 1 fully saturated rings. The van der Waals surface area contributed by atoms with Crippen molar-refractivity contribution in [3.8, 4) is 0 Å². The number of carbonyl (C=O) groups is 1. The minimum atomic E-state index is -0.0142. The number of hydrogen-bond acceptors (Lipinski definition) is 5. The molecule has 1 atom stereocenters. The highest BCUT2D eigenvalue weighted by Crippen LogP contribution is 2.24. The number of nitrogens with zero attached hydrogens (tertiary/aromatic N) is 1. The van der Waals surface area contributed by atoms with Crippen LogP contribution >= 0.6 is 23.1 Å². The number of thiazole rings is 1. The molecule has 6 heteroatoms. The Hall–Kier alpha value is -1.37. The Kier molecular flexibility index (Phi) is 6.29. The molecule has 0 spiro atoms. The average Bonchev–Trinajstić information content (AvgIpc) is 3.25. The number of amides is 1. The molecule has 1 aliphatic heterocycles. The predicted octanol–water partition coefficient (Wildman–Crippen LogP) is 4.04. The fourth-order valence-corrected chi connectivity index (χ4v) is 4.16. The molecule has 0 aliphatic carbocycles. The molecule has 0 saturated carbocycles. The van der Waals surface area contributed by atoms with Gasteiger partial charge in [0.1, 0.15) is 0 Å². The Morgan fingerprint density at radius 1 is 1.42 bits per heavy atom. The third-order valence-corrected chi connectivity index (χ3v) is 5.81. The van der Waals surface area contributed by atoms with Crippen molar-refractivity contribution in [2.45, 2.75) is 42.9 Å². The first-order chi connectivity index (χ1) is 11.7. The van der Waals surface area contributed by atoms with Crippen LogP contribution in [0.15, 0.2) is 34.5 Å². The summed E-state index contributed by atoms with van der Waals surface area (Å²) in [5.74, 6) is 0.844. The van der Waals surface area contributed by atoms with Crippen LogP contribution < -0.4 is 5.32 Å². The highest BCUT2D eigenvalue weighted by molar-refractivity contribution is 7.98. The van der Waals surface area contributed by atoms with Gasteiger partial charge < -0.3 is 10.1 Å². The molecule has 1 aliphatic rings. The minimum Gasteiger partial charge on any atom is -0.378 e. The zero-order chi connectivity index (χ0) is 16.8. The normalized spacial score (nSPS) is 17.1. The van der Waals surface area contributed by atoms with Crippen molar-refractivity contribution < 1.29 is 9.53 Å². The molecule has 1 aromatic carbocycles. The Morgan fingerprint density at radius 2 is 2.25 bits per heavy atom. The van der Waals surface area contributed by atoms with Crippen LogP contribution in [0.5, 0.6) is 0 Å². The maximum Gasteiger partial charge on any atom is 0.251 e. The predicted molar refractivity (Wildman–Crippen MR) is 98.8 cm³/mol. The summed E-state index contributed by atoms with van der Waals surface area (Å²) >= 11 is 3.41. The second-order valence-corrected chi connectivity index (χ2v) is 7.96. The van der Waals surface area contributed by atoms with E-state index in [0.717, 1.165) is 47.2 Å². The summed E-state index contributed by atoms with van der Waals surface area (Å²) in [4.78, 5) is 17.8. The molecule has 0 bridgehead atoms. The fourth-order valence-electron chi connectivity index (χ4n) is 2.66. The Balaban J connectivity index is 1.43. The van der Waals surface area contributed by atoms with Gasteiger partial charge in [-0.3, -0.25) is 4.79 Å². The van der Waals surface area contributed by atoms with E-state index in [2.05, 4.69) is 15.7 Å². The minimum absolute atomic E-state index is 0.0142. The molecular formula is C18H22N2O2S2. The molecule has 128 valence electrons. The molecule has 1 N–H and O–H groups in total. The second kappa shape index (κ2) is 8.65. The Morgan fingerprint density at radius 3 is 2.92 bits per heavy atom. The number of rotatable bonds is 7. The van der Waals surface area contributed by atoms with E-state index in [1.165, 1.54) is 0 Å². The Bertz CT molecular complexity index is 664. The number of hydrogen-bond donors (Lipinski definition) is 1. The summed E-state index contributed by atoms with van der Waals surface area (Å²) in [6.07, 6.45) is 3.46. The van der Waals surface area contributed by atoms with Gasteiger partial charge in [0.15, 0.2) is 0 Å². The Labute approximate surface area is 151 Å². The van der Waals surface area contributed by atoms with E-state index in [1.54, 1.807) is 23.1 Å². The van der Waals surface area contributed by atoms with Crippen LogP contribution in [0.1, 0.15) is 40.3 Å². The van der Waals surface area contributed by atoms with Crippen molar-refractivity contribution in [1.82, 2.24) is 10.3 Å². The molecule has 4 nitrogen and oxygen atoms in total. The van der Waals surface area contributed by atoms with Crippen LogP contribution in [0.2, 0.25) is 0 Å². The summed E-state index contributed by atoms with van der Waals surface area (Å²) in [7, 11) is 0. The monoisotopic (exact) mass is 362 g/mol. The van der Waals surface area contributed by atoms with E-state index in [-0.39, 0.29) is 5.91 Å². The lowest BCUT2D eigenvalue weighted by Gasteiger charge is -2.10. The third kappa shape index (κ3) is 5.06. The number of aryl methyl sites for hydroxylation is 1. The van der Waals surface area contributed by atoms with Crippen molar-refractivity contribution in [2.24, 2.45) is 0 Å². The van der Waals surface area contributed by atoms with Gasteiger partial charge in [-0.2, -0.15) is 0 Å². The highest BCUT2D eigenvalue weighted by Gasteiger charge is 2.15. The van der Waals surface area contributed by atoms with Crippen LogP contribution in [-0.2, 0) is 10.5 Å². The molecular weight excluding hydrogens is 340 g/mol. The van der Waals surface area contributed by atoms with Crippen molar-refractivity contribution in [3.63, 3.8) is 0 Å². The molecule has 1 aromatic heterocycles. The quantitative estimate of drug-likeness (QED) is 0.755. The van der Waals surface area contributed by atoms with Gasteiger partial charge in [-0.1, -0.05) is 0 Å². The molecule has 1 amide bonds. The van der Waals surface area contributed by atoms with Gasteiger partial charge in [-0.15, -0.1) is 23.1 Å². The standard InChI is InChI=1S/C18H22N2O2S2/c1-13-20-15(11-23-13)12-24-17-6-4-14(5-7-17)18(21)19-9-8-16-3-2-10-22-16/h4-7,11,16H,2-3,8-10,12H2,1H3,(H,19,21). The van der Waals surface area contributed by atoms with Gasteiger partial charge >= 0.3 is 0 Å². The molecule has 24 heavy (non-hydrogen) atoms. The van der Waals surface area contributed by atoms with Crippen LogP contribution in [0.25, 0.3) is 0 Å². The topological polar surface area (TPSA) is 51.2 Å². The number of benzene rings is 1. The second-order valence-electron chi connectivity index (χ2n) is 5.85. The van der Waals surface area contributed by atoms with E-state index in [4.69, 9.17) is 4.74 Å². The molecule has 2 aromatic rings. The van der Waals surface area contributed by atoms with E-state index >= 15 is 0 Å². The first-order valence-electron chi connectivity index (χ1n) is 8.24. The number of carbonyl (C=O) groups excluding carboxylic acids is 1. The summed E-state index contributed by atoms with van der Waals surface area (Å²) in [6.45, 7) is 3.55. The zero-order valence-corrected chi connectivity index (χ0v) is 15.4. The van der Waals surface area contributed by atoms with Crippen molar-refractivity contribution in [2.75, 3.05) is 13.2 Å². The molecule has 2 heterocycles. The van der Waals surface area contributed by atoms with E-state index in [1.807, 2.05) is 31.2 Å². The molecule has 1 unspecified atom stereocenters. The van der Waals surface area contributed by atoms with E-state index < -0.39 is 0 Å². The first-order valence-corrected chi connectivity index (χ1v) is 10.1. The zero-order valence-electron chi connectivity index (χ0n) is 13.8. The van der Waals surface area contributed by atoms with Crippen molar-refractivity contribution in [1.29, 1.82) is 0 Å². The average molecular weight is 363 g/mol. The number of thioether (sulfide) groups is 1. The van der Waals surface area contributed by atoms with Crippen molar-refractivity contribution in [3.05, 3.63) is 45.9 Å². The van der Waals surface area contributed by atoms with Crippen LogP contribution in [0.3, 0.4) is 0 Å². The van der Waals surface area contributed by atoms with Crippen molar-refractivity contribution >= 4 is 29.0 Å². The lowest BCUT2D eigenvalue weighted by molar-refractivity contribution is 0.0907. The maximum atomic E-state index is 12.1. The van der Waals surface area contributed by atoms with Gasteiger partial charge in [0, 0.05) is 34.7 Å². The maximum absolute atomic E-state index is 12.1. The smallest absolute Gasteiger partial charge is 0.251 e. The summed E-state index contributed by atoms with van der Waals surface area (Å²) in [6, 6.07) is 7.77. The summed E-state index contributed by atoms with van der Waals surface area (Å²) in [5.41, 5.74) is 1.81. The lowest BCUT2D eigenvalue weighted by Crippen LogP contribution is -2.26. The lowest BCUT2D eigenvalue weighted by atomic mass is 10.1. The molecule has 0 radical (unpaired) electrons. The van der Waals surface area contributed by atoms with Gasteiger partial charge in [0.05, 0.1) is 16.8 Å². The van der Waals surface area contributed by atoms with E-state index in [9.17, 15) is 4.79 Å². The van der Waals surface area contributed by atoms with E-state index in [0.29, 0.717) is 18.2 Å². The van der Waals surface area contributed by atoms with Crippen LogP contribution in [0.4, 0.5) is 0 Å². The van der Waals surface area contributed by atoms with Crippen LogP contribution in [-0.4, -0.2) is 30.1 Å². The fraction of sp³-hybridized carbons (Fsp3) is 0.444. The number of nitrogens with one attached hydrogen (secondary N) is 1. The van der Waals surface area contributed by atoms with Gasteiger partial charge in [-0.05, 0) is 50.5 Å². The number of aromatic nitrogens is 1. The third-order valence-electron chi connectivity index (χ3n) is 3.95. The molecule has 3 rings (SSSR count). The summed E-state index contributed by atoms with van der Waals surface area (Å²) < 4.78 is 5.56. The highest BCUT2D eigenvalue weighted by atomic mass is 32.2. The van der Waals surface area contributed by atoms with Gasteiger partial charge in [0.25, 0.3) is 5.91 Å². The van der Waals surface area contributed by atoms with Gasteiger partial charge in [-0.25, -0.2) is 4.98 Å². The molecule has 1 saturated heterocycles. The SMILES string of the molecule is Cc1nc(CSc2ccc(C(=O)NCCC3CCCO3)cc2)cs1.